The molecule has 22 heavy (non-hydrogen) atoms. The summed E-state index contributed by atoms with van der Waals surface area (Å²) in [5.41, 5.74) is 3.24. The van der Waals surface area contributed by atoms with Crippen molar-refractivity contribution < 1.29 is 0 Å². The number of aromatic amines is 2. The molecule has 0 aliphatic rings. The van der Waals surface area contributed by atoms with Gasteiger partial charge in [0, 0.05) is 28.4 Å². The van der Waals surface area contributed by atoms with Crippen LogP contribution in [0.2, 0.25) is 0 Å². The number of thiophene rings is 1. The van der Waals surface area contributed by atoms with Crippen LogP contribution in [0.15, 0.2) is 35.3 Å². The first-order valence-electron chi connectivity index (χ1n) is 7.17. The van der Waals surface area contributed by atoms with E-state index in [0.29, 0.717) is 12.2 Å². The quantitative estimate of drug-likeness (QED) is 0.593. The lowest BCUT2D eigenvalue weighted by atomic mass is 10.1. The number of nitrogens with zero attached hydrogens (tertiary/aromatic N) is 1. The number of hydrogen-bond acceptors (Lipinski definition) is 3. The fourth-order valence-electron chi connectivity index (χ4n) is 2.84. The zero-order valence-electron chi connectivity index (χ0n) is 12.4. The van der Waals surface area contributed by atoms with Crippen molar-refractivity contribution in [2.24, 2.45) is 0 Å². The Morgan fingerprint density at radius 1 is 1.23 bits per heavy atom. The molecule has 0 spiro atoms. The summed E-state index contributed by atoms with van der Waals surface area (Å²) in [5.74, 6) is 0.712. The van der Waals surface area contributed by atoms with Crippen molar-refractivity contribution in [2.45, 2.75) is 20.3 Å². The molecule has 0 aliphatic heterocycles. The van der Waals surface area contributed by atoms with Crippen molar-refractivity contribution in [2.75, 3.05) is 0 Å². The number of hydrogen-bond donors (Lipinski definition) is 2. The third-order valence-electron chi connectivity index (χ3n) is 4.12. The van der Waals surface area contributed by atoms with Crippen LogP contribution >= 0.6 is 11.3 Å². The minimum absolute atomic E-state index is 0.0401. The van der Waals surface area contributed by atoms with Crippen LogP contribution < -0.4 is 5.56 Å². The molecule has 3 heterocycles. The lowest BCUT2D eigenvalue weighted by molar-refractivity contribution is 0.981. The Balaban J connectivity index is 1.83. The first-order chi connectivity index (χ1) is 10.6. The van der Waals surface area contributed by atoms with Crippen LogP contribution in [0.3, 0.4) is 0 Å². The Kier molecular flexibility index (Phi) is 2.90. The summed E-state index contributed by atoms with van der Waals surface area (Å²) in [6.07, 6.45) is 2.60. The second-order valence-electron chi connectivity index (χ2n) is 5.51. The maximum Gasteiger partial charge on any atom is 0.259 e. The molecular weight excluding hydrogens is 294 g/mol. The first-order valence-corrected chi connectivity index (χ1v) is 7.99. The molecule has 0 aliphatic carbocycles. The molecule has 4 aromatic rings. The number of rotatable bonds is 2. The summed E-state index contributed by atoms with van der Waals surface area (Å²) < 4.78 is 0. The first kappa shape index (κ1) is 13.3. The highest BCUT2D eigenvalue weighted by Gasteiger charge is 2.13. The van der Waals surface area contributed by atoms with Gasteiger partial charge in [-0.25, -0.2) is 4.98 Å². The minimum Gasteiger partial charge on any atom is -0.361 e. The van der Waals surface area contributed by atoms with Gasteiger partial charge in [0.25, 0.3) is 5.56 Å². The fourth-order valence-corrected chi connectivity index (χ4v) is 3.89. The largest absolute Gasteiger partial charge is 0.361 e. The van der Waals surface area contributed by atoms with Gasteiger partial charge in [-0.2, -0.15) is 0 Å². The molecule has 0 atom stereocenters. The van der Waals surface area contributed by atoms with Gasteiger partial charge in [0.05, 0.1) is 5.39 Å². The Morgan fingerprint density at radius 3 is 2.91 bits per heavy atom. The molecule has 0 radical (unpaired) electrons. The maximum absolute atomic E-state index is 12.3. The molecule has 0 saturated carbocycles. The van der Waals surface area contributed by atoms with Gasteiger partial charge in [-0.05, 0) is 31.0 Å². The van der Waals surface area contributed by atoms with Crippen molar-refractivity contribution in [3.63, 3.8) is 0 Å². The van der Waals surface area contributed by atoms with E-state index in [4.69, 9.17) is 0 Å². The molecule has 0 bridgehead atoms. The molecule has 5 heteroatoms. The number of fused-ring (bicyclic) bond motifs is 2. The van der Waals surface area contributed by atoms with Gasteiger partial charge in [-0.15, -0.1) is 11.3 Å². The molecule has 0 amide bonds. The van der Waals surface area contributed by atoms with Gasteiger partial charge in [0.1, 0.15) is 10.7 Å². The molecule has 0 saturated heterocycles. The molecule has 4 rings (SSSR count). The predicted octanol–water partition coefficient (Wildman–Crippen LogP) is 3.67. The number of aromatic nitrogens is 3. The normalized spacial score (nSPS) is 11.5. The number of H-pyrrole nitrogens is 2. The van der Waals surface area contributed by atoms with Crippen molar-refractivity contribution >= 4 is 32.5 Å². The van der Waals surface area contributed by atoms with Crippen molar-refractivity contribution in [3.8, 4) is 0 Å². The zero-order chi connectivity index (χ0) is 15.3. The van der Waals surface area contributed by atoms with Crippen LogP contribution in [-0.4, -0.2) is 15.0 Å². The Labute approximate surface area is 130 Å². The maximum atomic E-state index is 12.3. The Hall–Kier alpha value is -2.40. The highest BCUT2D eigenvalue weighted by Crippen LogP contribution is 2.26. The van der Waals surface area contributed by atoms with Gasteiger partial charge in [-0.1, -0.05) is 18.2 Å². The monoisotopic (exact) mass is 309 g/mol. The smallest absolute Gasteiger partial charge is 0.259 e. The minimum atomic E-state index is -0.0401. The second kappa shape index (κ2) is 4.81. The van der Waals surface area contributed by atoms with E-state index in [2.05, 4.69) is 21.0 Å². The van der Waals surface area contributed by atoms with E-state index in [1.807, 2.05) is 38.2 Å². The topological polar surface area (TPSA) is 61.5 Å². The van der Waals surface area contributed by atoms with Crippen molar-refractivity contribution in [1.29, 1.82) is 0 Å². The molecule has 3 aromatic heterocycles. The Bertz CT molecular complexity index is 1050. The number of benzene rings is 1. The van der Waals surface area contributed by atoms with Crippen LogP contribution in [-0.2, 0) is 6.42 Å². The number of aryl methyl sites for hydroxylation is 2. The van der Waals surface area contributed by atoms with E-state index < -0.39 is 0 Å². The predicted molar refractivity (Wildman–Crippen MR) is 90.8 cm³/mol. The van der Waals surface area contributed by atoms with E-state index in [1.54, 1.807) is 11.3 Å². The third kappa shape index (κ3) is 1.97. The van der Waals surface area contributed by atoms with Gasteiger partial charge in [0.2, 0.25) is 0 Å². The second-order valence-corrected chi connectivity index (χ2v) is 6.72. The van der Waals surface area contributed by atoms with Crippen LogP contribution in [0.4, 0.5) is 0 Å². The van der Waals surface area contributed by atoms with Gasteiger partial charge < -0.3 is 9.97 Å². The average molecular weight is 309 g/mol. The van der Waals surface area contributed by atoms with Crippen LogP contribution in [0, 0.1) is 13.8 Å². The van der Waals surface area contributed by atoms with Crippen LogP contribution in [0.1, 0.15) is 21.8 Å². The molecule has 0 fully saturated rings. The van der Waals surface area contributed by atoms with E-state index >= 15 is 0 Å². The summed E-state index contributed by atoms with van der Waals surface area (Å²) in [6, 6.07) is 8.15. The average Bonchev–Trinajstić information content (AvgIpc) is 3.02. The highest BCUT2D eigenvalue weighted by molar-refractivity contribution is 7.18. The van der Waals surface area contributed by atoms with Gasteiger partial charge in [0.15, 0.2) is 0 Å². The van der Waals surface area contributed by atoms with Gasteiger partial charge >= 0.3 is 0 Å². The van der Waals surface area contributed by atoms with Gasteiger partial charge in [-0.3, -0.25) is 4.79 Å². The lowest BCUT2D eigenvalue weighted by Gasteiger charge is -2.00. The third-order valence-corrected chi connectivity index (χ3v) is 5.22. The summed E-state index contributed by atoms with van der Waals surface area (Å²) in [5, 5.41) is 1.90. The molecule has 2 N–H and O–H groups in total. The fraction of sp³-hybridized carbons (Fsp3) is 0.176. The lowest BCUT2D eigenvalue weighted by Crippen LogP contribution is -2.11. The highest BCUT2D eigenvalue weighted by atomic mass is 32.1. The number of para-hydroxylation sites is 1. The van der Waals surface area contributed by atoms with Crippen molar-refractivity contribution in [1.82, 2.24) is 15.0 Å². The van der Waals surface area contributed by atoms with Crippen LogP contribution in [0.5, 0.6) is 0 Å². The molecule has 1 aromatic carbocycles. The summed E-state index contributed by atoms with van der Waals surface area (Å²) in [7, 11) is 0. The van der Waals surface area contributed by atoms with E-state index in [0.717, 1.165) is 31.7 Å². The molecule has 110 valence electrons. The van der Waals surface area contributed by atoms with E-state index in [9.17, 15) is 4.79 Å². The molecular formula is C17H15N3OS. The van der Waals surface area contributed by atoms with Crippen molar-refractivity contribution in [3.05, 3.63) is 62.6 Å². The number of nitrogens with one attached hydrogen (secondary N) is 2. The van der Waals surface area contributed by atoms with E-state index in [1.165, 1.54) is 5.39 Å². The summed E-state index contributed by atoms with van der Waals surface area (Å²) >= 11 is 1.58. The summed E-state index contributed by atoms with van der Waals surface area (Å²) in [6.45, 7) is 4.00. The standard InChI is InChI=1S/C17H15N3OS/c1-9-10(2)22-17-15(9)16(21)19-14(20-17)7-11-8-18-13-6-4-3-5-12(11)13/h3-6,8,18H,7H2,1-2H3,(H,19,20,21). The Morgan fingerprint density at radius 2 is 2.05 bits per heavy atom. The molecule has 4 nitrogen and oxygen atoms in total. The zero-order valence-corrected chi connectivity index (χ0v) is 13.2. The van der Waals surface area contributed by atoms with E-state index in [-0.39, 0.29) is 5.56 Å². The SMILES string of the molecule is Cc1sc2nc(Cc3c[nH]c4ccccc34)[nH]c(=O)c2c1C. The van der Waals surface area contributed by atoms with Crippen LogP contribution in [0.25, 0.3) is 21.1 Å². The summed E-state index contributed by atoms with van der Waals surface area (Å²) in [4.78, 5) is 25.1. The molecule has 0 unspecified atom stereocenters.